The minimum atomic E-state index is -0.635. The van der Waals surface area contributed by atoms with Gasteiger partial charge in [0.1, 0.15) is 73.2 Å². The summed E-state index contributed by atoms with van der Waals surface area (Å²) < 4.78 is 87.6. The van der Waals surface area contributed by atoms with E-state index in [1.165, 1.54) is 13.5 Å². The van der Waals surface area contributed by atoms with Crippen LogP contribution in [-0.2, 0) is 148 Å². The molecule has 17 fully saturated rings. The van der Waals surface area contributed by atoms with Crippen molar-refractivity contribution in [2.24, 2.45) is 148 Å². The van der Waals surface area contributed by atoms with Crippen molar-refractivity contribution < 1.29 is 148 Å². The van der Waals surface area contributed by atoms with Crippen LogP contribution >= 0.6 is 0 Å². The molecule has 5 saturated heterocycles. The number of fused-ring (bicyclic) bond motifs is 5. The maximum Gasteiger partial charge on any atom is 0.312 e. The second-order valence-corrected chi connectivity index (χ2v) is 37.8. The standard InChI is InChI=1S/C20H28O6.C19H28O7.C19H26O6.C16H22O6.C15H20O6/c1-3-10(2)18(21)25-16-12-9-13-15(20(23)26-17(13)16)14(12)19(22)24-11-7-5-4-6-8-11;1-6-9(2)16(20)25-14-10-7-11-13(18(22)26-15(11)14)12(10)17(21)23-8-24-19(3,4)5;1-3-9(2)17(20)24-15-11-8-12-14(19(22)25-16(12)15)13(11)18(21)23-10-6-4-5-7-10;1-4-7(3)14(17)21-12-8-6-9-11(16(19)22-13(9)12)10(8)15(18)20-5-2;1-4-6(2)13(16)20-11-7-5-8-10(9(7)14(17)19-3)15(18)21-12(8)11/h10-17H,3-9H2,1-2H3;9-15H,6-8H2,1-5H3;9-16H,3-8H2,1-2H3;7-13H,4-6H2,1-3H3;6-12H,4-5H2,1-3H3. The molecule has 35 atom stereocenters. The molecule has 0 N–H and O–H groups in total. The summed E-state index contributed by atoms with van der Waals surface area (Å²) in [6.45, 7) is 26.1. The van der Waals surface area contributed by atoms with E-state index in [1.807, 2.05) is 76.2 Å². The van der Waals surface area contributed by atoms with Crippen LogP contribution in [0.5, 0.6) is 0 Å². The van der Waals surface area contributed by atoms with Gasteiger partial charge in [0.05, 0.1) is 108 Å². The summed E-state index contributed by atoms with van der Waals surface area (Å²) in [7, 11) is 1.31. The van der Waals surface area contributed by atoms with Gasteiger partial charge in [0, 0.05) is 59.2 Å². The van der Waals surface area contributed by atoms with Crippen molar-refractivity contribution in [1.29, 1.82) is 0 Å². The molecule has 0 aromatic rings. The van der Waals surface area contributed by atoms with E-state index in [-0.39, 0.29) is 216 Å². The van der Waals surface area contributed by atoms with E-state index < -0.39 is 113 Å². The Hall–Kier alpha value is -7.99. The fraction of sp³-hybridized carbons (Fsp3) is 0.831. The first-order valence-electron chi connectivity index (χ1n) is 44.6. The van der Waals surface area contributed by atoms with E-state index in [4.69, 9.17) is 75.8 Å². The van der Waals surface area contributed by atoms with Crippen LogP contribution in [0.1, 0.15) is 219 Å². The molecule has 12 saturated carbocycles. The topological polar surface area (TPSA) is 404 Å². The van der Waals surface area contributed by atoms with Gasteiger partial charge in [0.2, 0.25) is 0 Å². The Balaban J connectivity index is 0.000000130. The molecule has 31 heteroatoms. The predicted octanol–water partition coefficient (Wildman–Crippen LogP) is 9.17. The van der Waals surface area contributed by atoms with E-state index in [0.29, 0.717) is 64.2 Å². The van der Waals surface area contributed by atoms with Crippen molar-refractivity contribution in [2.45, 2.75) is 298 Å². The summed E-state index contributed by atoms with van der Waals surface area (Å²) in [5, 5.41) is 0. The molecule has 12 aliphatic carbocycles. The average molecular weight is 1690 g/mol. The second-order valence-electron chi connectivity index (χ2n) is 37.8. The first-order chi connectivity index (χ1) is 57.1. The molecule has 0 aromatic heterocycles. The lowest BCUT2D eigenvalue weighted by Crippen LogP contribution is -2.44. The number of methoxy groups -OCH3 is 1. The van der Waals surface area contributed by atoms with E-state index in [1.54, 1.807) is 20.8 Å². The van der Waals surface area contributed by atoms with Crippen LogP contribution in [0.4, 0.5) is 0 Å². The minimum absolute atomic E-state index is 0.0200. The average Bonchev–Trinajstić information content (AvgIpc) is 1.58. The Kier molecular flexibility index (Phi) is 27.5. The van der Waals surface area contributed by atoms with Crippen molar-refractivity contribution in [1.82, 2.24) is 0 Å². The van der Waals surface area contributed by atoms with E-state index in [9.17, 15) is 71.9 Å². The molecule has 5 heterocycles. The van der Waals surface area contributed by atoms with Crippen LogP contribution in [0.25, 0.3) is 0 Å². The van der Waals surface area contributed by atoms with Crippen LogP contribution in [0.15, 0.2) is 0 Å². The Bertz CT molecular complexity index is 3890. The summed E-state index contributed by atoms with van der Waals surface area (Å²) >= 11 is 0. The molecular weight excluding hydrogens is 1560 g/mol. The normalized spacial score (nSPS) is 39.1. The van der Waals surface area contributed by atoms with Crippen LogP contribution in [0.3, 0.4) is 0 Å². The summed E-state index contributed by atoms with van der Waals surface area (Å²) in [6, 6.07) is 0. The van der Waals surface area contributed by atoms with Crippen molar-refractivity contribution >= 4 is 89.5 Å². The highest BCUT2D eigenvalue weighted by Gasteiger charge is 2.75. The Morgan fingerprint density at radius 3 is 0.792 bits per heavy atom. The number of hydrogen-bond donors (Lipinski definition) is 0. The summed E-state index contributed by atoms with van der Waals surface area (Å²) in [4.78, 5) is 184. The van der Waals surface area contributed by atoms with Crippen molar-refractivity contribution in [3.8, 4) is 0 Å². The van der Waals surface area contributed by atoms with Gasteiger partial charge in [-0.15, -0.1) is 0 Å². The molecule has 0 amide bonds. The molecule has 17 rings (SSSR count). The molecule has 17 aliphatic rings. The second kappa shape index (κ2) is 36.8. The molecular formula is C89H124O31. The lowest BCUT2D eigenvalue weighted by Gasteiger charge is -2.32. The molecule has 0 spiro atoms. The van der Waals surface area contributed by atoms with Gasteiger partial charge in [0.25, 0.3) is 0 Å². The lowest BCUT2D eigenvalue weighted by atomic mass is 9.78. The molecule has 666 valence electrons. The molecule has 0 aromatic carbocycles. The van der Waals surface area contributed by atoms with Crippen molar-refractivity contribution in [3.05, 3.63) is 0 Å². The fourth-order valence-corrected chi connectivity index (χ4v) is 22.8. The number of ether oxygens (including phenoxy) is 16. The van der Waals surface area contributed by atoms with Crippen LogP contribution in [0.2, 0.25) is 0 Å². The molecule has 35 unspecified atom stereocenters. The van der Waals surface area contributed by atoms with Crippen LogP contribution in [-0.4, -0.2) is 189 Å². The van der Waals surface area contributed by atoms with Gasteiger partial charge in [-0.2, -0.15) is 0 Å². The third kappa shape index (κ3) is 17.0. The first kappa shape index (κ1) is 89.8. The Morgan fingerprint density at radius 1 is 0.325 bits per heavy atom. The van der Waals surface area contributed by atoms with E-state index in [2.05, 4.69) is 0 Å². The van der Waals surface area contributed by atoms with Crippen LogP contribution < -0.4 is 0 Å². The van der Waals surface area contributed by atoms with E-state index >= 15 is 0 Å². The highest BCUT2D eigenvalue weighted by Crippen LogP contribution is 2.64. The summed E-state index contributed by atoms with van der Waals surface area (Å²) in [5.74, 6) is -12.1. The summed E-state index contributed by atoms with van der Waals surface area (Å²) in [6.07, 6.45) is 11.3. The third-order valence-corrected chi connectivity index (χ3v) is 30.0. The zero-order chi connectivity index (χ0) is 86.7. The van der Waals surface area contributed by atoms with Gasteiger partial charge in [-0.05, 0) is 143 Å². The maximum atomic E-state index is 12.9. The van der Waals surface area contributed by atoms with Crippen LogP contribution in [0, 0.1) is 148 Å². The number of hydrogen-bond acceptors (Lipinski definition) is 31. The monoisotopic (exact) mass is 1690 g/mol. The molecule has 120 heavy (non-hydrogen) atoms. The van der Waals surface area contributed by atoms with Gasteiger partial charge in [-0.25, -0.2) is 0 Å². The lowest BCUT2D eigenvalue weighted by molar-refractivity contribution is -0.180. The number of rotatable bonds is 25. The number of esters is 15. The third-order valence-electron chi connectivity index (χ3n) is 30.0. The molecule has 31 nitrogen and oxygen atoms in total. The molecule has 0 radical (unpaired) electrons. The fourth-order valence-electron chi connectivity index (χ4n) is 22.8. The van der Waals surface area contributed by atoms with Gasteiger partial charge in [-0.1, -0.05) is 75.7 Å². The quantitative estimate of drug-likeness (QED) is 0.0466. The highest BCUT2D eigenvalue weighted by atomic mass is 16.7. The van der Waals surface area contributed by atoms with Crippen molar-refractivity contribution in [3.63, 3.8) is 0 Å². The Morgan fingerprint density at radius 2 is 0.558 bits per heavy atom. The number of carbonyl (C=O) groups excluding carboxylic acids is 15. The van der Waals surface area contributed by atoms with Gasteiger partial charge >= 0.3 is 89.5 Å². The smallest absolute Gasteiger partial charge is 0.312 e. The number of carbonyl (C=O) groups is 15. The van der Waals surface area contributed by atoms with Crippen molar-refractivity contribution in [2.75, 3.05) is 20.5 Å². The van der Waals surface area contributed by atoms with E-state index in [0.717, 1.165) is 51.4 Å². The Labute approximate surface area is 700 Å². The molecule has 10 bridgehead atoms. The SMILES string of the molecule is CCC(C)C(=O)OC1C2CC3C1OC(=O)C3C2C(=O)OC.CCC(C)C(=O)OC1C2CC3C1OC(=O)C3C2C(=O)OC1CCCC1.CCC(C)C(=O)OC1C2CC3C1OC(=O)C3C2C(=O)OC1CCCCC1.CCC(C)C(=O)OC1C2CC3C1OC(=O)C3C2C(=O)OCOC(C)(C)C.CCOC(=O)C1C2CC3C(OC(=O)C31)C2OC(=O)C(C)CC. The van der Waals surface area contributed by atoms with Gasteiger partial charge in [-0.3, -0.25) is 71.9 Å². The predicted molar refractivity (Wildman–Crippen MR) is 411 cm³/mol. The minimum Gasteiger partial charge on any atom is -0.469 e. The first-order valence-corrected chi connectivity index (χ1v) is 44.6. The largest absolute Gasteiger partial charge is 0.469 e. The zero-order valence-corrected chi connectivity index (χ0v) is 71.9. The van der Waals surface area contributed by atoms with Gasteiger partial charge < -0.3 is 75.8 Å². The molecule has 5 aliphatic heterocycles. The maximum absolute atomic E-state index is 12.9. The summed E-state index contributed by atoms with van der Waals surface area (Å²) in [5.41, 5.74) is -0.430. The zero-order valence-electron chi connectivity index (χ0n) is 71.9. The van der Waals surface area contributed by atoms with Gasteiger partial charge in [0.15, 0.2) is 6.79 Å². The highest BCUT2D eigenvalue weighted by molar-refractivity contribution is 5.90.